The van der Waals surface area contributed by atoms with Gasteiger partial charge in [0.25, 0.3) is 5.91 Å². The lowest BCUT2D eigenvalue weighted by Crippen LogP contribution is -2.40. The molecule has 1 fully saturated rings. The van der Waals surface area contributed by atoms with Crippen LogP contribution in [0.2, 0.25) is 0 Å². The minimum Gasteiger partial charge on any atom is -0.481 e. The number of para-hydroxylation sites is 1. The van der Waals surface area contributed by atoms with E-state index in [-0.39, 0.29) is 12.3 Å². The number of carbonyl (C=O) groups is 2. The van der Waals surface area contributed by atoms with E-state index in [0.717, 1.165) is 42.4 Å². The Morgan fingerprint density at radius 2 is 2.08 bits per heavy atom. The van der Waals surface area contributed by atoms with E-state index in [0.29, 0.717) is 18.9 Å². The number of carboxylic acid groups (broad SMARTS) is 1. The van der Waals surface area contributed by atoms with Crippen LogP contribution in [0, 0.1) is 5.92 Å². The van der Waals surface area contributed by atoms with Crippen molar-refractivity contribution in [2.45, 2.75) is 39.2 Å². The van der Waals surface area contributed by atoms with Crippen LogP contribution in [0.15, 0.2) is 30.5 Å². The van der Waals surface area contributed by atoms with Crippen LogP contribution < -0.4 is 0 Å². The molecular formula is C19H24N2O3. The number of hydrogen-bond donors (Lipinski definition) is 1. The molecule has 1 unspecified atom stereocenters. The van der Waals surface area contributed by atoms with Gasteiger partial charge in [-0.05, 0) is 38.2 Å². The van der Waals surface area contributed by atoms with E-state index in [1.54, 1.807) is 0 Å². The van der Waals surface area contributed by atoms with Crippen molar-refractivity contribution in [3.8, 4) is 0 Å². The van der Waals surface area contributed by atoms with Gasteiger partial charge in [0, 0.05) is 43.2 Å². The molecule has 0 bridgehead atoms. The molecule has 0 radical (unpaired) electrons. The molecule has 128 valence electrons. The summed E-state index contributed by atoms with van der Waals surface area (Å²) in [6.45, 7) is 4.32. The number of aromatic nitrogens is 1. The first-order chi connectivity index (χ1) is 11.6. The van der Waals surface area contributed by atoms with Crippen molar-refractivity contribution >= 4 is 22.8 Å². The minimum absolute atomic E-state index is 0.0680. The smallest absolute Gasteiger partial charge is 0.303 e. The summed E-state index contributed by atoms with van der Waals surface area (Å²) >= 11 is 0. The topological polar surface area (TPSA) is 62.5 Å². The average Bonchev–Trinajstić information content (AvgIpc) is 2.98. The maximum atomic E-state index is 13.0. The van der Waals surface area contributed by atoms with Gasteiger partial charge in [0.05, 0.1) is 5.56 Å². The zero-order valence-electron chi connectivity index (χ0n) is 14.1. The molecule has 0 aliphatic carbocycles. The highest BCUT2D eigenvalue weighted by Gasteiger charge is 2.26. The summed E-state index contributed by atoms with van der Waals surface area (Å²) in [6.07, 6.45) is 4.74. The lowest BCUT2D eigenvalue weighted by molar-refractivity contribution is -0.137. The number of fused-ring (bicyclic) bond motifs is 1. The quantitative estimate of drug-likeness (QED) is 0.915. The monoisotopic (exact) mass is 328 g/mol. The number of aliphatic carboxylic acids is 1. The summed E-state index contributed by atoms with van der Waals surface area (Å²) in [5, 5.41) is 9.86. The number of rotatable bonds is 5. The predicted octanol–water partition coefficient (Wildman–Crippen LogP) is 3.38. The molecule has 24 heavy (non-hydrogen) atoms. The van der Waals surface area contributed by atoms with Crippen LogP contribution in [0.1, 0.15) is 43.0 Å². The van der Waals surface area contributed by atoms with E-state index in [9.17, 15) is 9.59 Å². The Morgan fingerprint density at radius 1 is 1.29 bits per heavy atom. The minimum atomic E-state index is -0.760. The Labute approximate surface area is 141 Å². The maximum Gasteiger partial charge on any atom is 0.303 e. The Hall–Kier alpha value is -2.30. The van der Waals surface area contributed by atoms with Crippen molar-refractivity contribution in [2.75, 3.05) is 13.1 Å². The summed E-state index contributed by atoms with van der Waals surface area (Å²) in [6, 6.07) is 8.00. The Balaban J connectivity index is 1.80. The van der Waals surface area contributed by atoms with Gasteiger partial charge in [-0.15, -0.1) is 0 Å². The highest BCUT2D eigenvalue weighted by molar-refractivity contribution is 6.07. The third kappa shape index (κ3) is 3.30. The summed E-state index contributed by atoms with van der Waals surface area (Å²) in [4.78, 5) is 25.7. The number of aryl methyl sites for hydroxylation is 1. The van der Waals surface area contributed by atoms with Gasteiger partial charge < -0.3 is 14.6 Å². The number of benzene rings is 1. The van der Waals surface area contributed by atoms with Gasteiger partial charge in [-0.25, -0.2) is 0 Å². The van der Waals surface area contributed by atoms with Gasteiger partial charge in [0.15, 0.2) is 0 Å². The molecule has 1 aromatic carbocycles. The molecule has 1 aliphatic heterocycles. The van der Waals surface area contributed by atoms with Crippen LogP contribution in [0.25, 0.3) is 10.9 Å². The van der Waals surface area contributed by atoms with Crippen LogP contribution in [0.5, 0.6) is 0 Å². The molecule has 5 nitrogen and oxygen atoms in total. The molecule has 1 N–H and O–H groups in total. The Kier molecular flexibility index (Phi) is 4.88. The second-order valence-corrected chi connectivity index (χ2v) is 6.54. The summed E-state index contributed by atoms with van der Waals surface area (Å²) in [5.74, 6) is -0.402. The molecular weight excluding hydrogens is 304 g/mol. The average molecular weight is 328 g/mol. The first-order valence-corrected chi connectivity index (χ1v) is 8.69. The van der Waals surface area contributed by atoms with Gasteiger partial charge in [-0.2, -0.15) is 0 Å². The predicted molar refractivity (Wildman–Crippen MR) is 93.1 cm³/mol. The van der Waals surface area contributed by atoms with Crippen molar-refractivity contribution in [1.82, 2.24) is 9.47 Å². The highest BCUT2D eigenvalue weighted by Crippen LogP contribution is 2.26. The fourth-order valence-corrected chi connectivity index (χ4v) is 3.66. The van der Waals surface area contributed by atoms with Gasteiger partial charge in [0.1, 0.15) is 0 Å². The highest BCUT2D eigenvalue weighted by atomic mass is 16.4. The van der Waals surface area contributed by atoms with Crippen molar-refractivity contribution in [3.63, 3.8) is 0 Å². The number of nitrogens with zero attached hydrogens (tertiary/aromatic N) is 2. The van der Waals surface area contributed by atoms with Gasteiger partial charge in [-0.3, -0.25) is 9.59 Å². The molecule has 2 heterocycles. The largest absolute Gasteiger partial charge is 0.481 e. The number of amides is 1. The molecule has 1 aromatic heterocycles. The van der Waals surface area contributed by atoms with Gasteiger partial charge in [0.2, 0.25) is 0 Å². The first-order valence-electron chi connectivity index (χ1n) is 8.69. The lowest BCUT2D eigenvalue weighted by atomic mass is 9.93. The number of likely N-dealkylation sites (tertiary alicyclic amines) is 1. The molecule has 3 rings (SSSR count). The lowest BCUT2D eigenvalue weighted by Gasteiger charge is -2.32. The molecule has 2 aromatic rings. The van der Waals surface area contributed by atoms with E-state index < -0.39 is 5.97 Å². The normalized spacial score (nSPS) is 18.0. The number of piperidine rings is 1. The number of carbonyl (C=O) groups excluding carboxylic acids is 1. The van der Waals surface area contributed by atoms with Crippen molar-refractivity contribution in [1.29, 1.82) is 0 Å². The standard InChI is InChI=1S/C19H24N2O3/c1-2-20-13-16(15-7-3-4-8-17(15)20)19(24)21-11-5-6-14(12-21)9-10-18(22)23/h3-4,7-8,13-14H,2,5-6,9-12H2,1H3,(H,22,23). The van der Waals surface area contributed by atoms with E-state index in [2.05, 4.69) is 11.5 Å². The summed E-state index contributed by atoms with van der Waals surface area (Å²) in [5.41, 5.74) is 1.84. The maximum absolute atomic E-state index is 13.0. The van der Waals surface area contributed by atoms with Crippen LogP contribution in [-0.4, -0.2) is 39.5 Å². The van der Waals surface area contributed by atoms with Crippen molar-refractivity contribution < 1.29 is 14.7 Å². The number of carboxylic acids is 1. The zero-order valence-corrected chi connectivity index (χ0v) is 14.1. The molecule has 1 amide bonds. The van der Waals surface area contributed by atoms with Gasteiger partial charge >= 0.3 is 5.97 Å². The summed E-state index contributed by atoms with van der Waals surface area (Å²) < 4.78 is 2.11. The number of hydrogen-bond acceptors (Lipinski definition) is 2. The van der Waals surface area contributed by atoms with E-state index in [4.69, 9.17) is 5.11 Å². The molecule has 0 saturated carbocycles. The summed E-state index contributed by atoms with van der Waals surface area (Å²) in [7, 11) is 0. The van der Waals surface area contributed by atoms with Crippen LogP contribution in [0.3, 0.4) is 0 Å². The van der Waals surface area contributed by atoms with Gasteiger partial charge in [-0.1, -0.05) is 18.2 Å². The van der Waals surface area contributed by atoms with E-state index in [1.807, 2.05) is 35.4 Å². The SMILES string of the molecule is CCn1cc(C(=O)N2CCCC(CCC(=O)O)C2)c2ccccc21. The fraction of sp³-hybridized carbons (Fsp3) is 0.474. The first kappa shape index (κ1) is 16.6. The van der Waals surface area contributed by atoms with Crippen LogP contribution in [-0.2, 0) is 11.3 Å². The van der Waals surface area contributed by atoms with Crippen molar-refractivity contribution in [3.05, 3.63) is 36.0 Å². The third-order valence-electron chi connectivity index (χ3n) is 4.93. The van der Waals surface area contributed by atoms with E-state index >= 15 is 0 Å². The molecule has 1 saturated heterocycles. The third-order valence-corrected chi connectivity index (χ3v) is 4.93. The molecule has 5 heteroatoms. The van der Waals surface area contributed by atoms with Crippen LogP contribution >= 0.6 is 0 Å². The van der Waals surface area contributed by atoms with E-state index in [1.165, 1.54) is 0 Å². The zero-order chi connectivity index (χ0) is 17.1. The Bertz CT molecular complexity index is 750. The second-order valence-electron chi connectivity index (χ2n) is 6.54. The Morgan fingerprint density at radius 3 is 2.83 bits per heavy atom. The molecule has 1 atom stereocenters. The second kappa shape index (κ2) is 7.07. The fourth-order valence-electron chi connectivity index (χ4n) is 3.66. The van der Waals surface area contributed by atoms with Crippen molar-refractivity contribution in [2.24, 2.45) is 5.92 Å². The van der Waals surface area contributed by atoms with Crippen LogP contribution in [0.4, 0.5) is 0 Å². The molecule has 0 spiro atoms. The molecule has 1 aliphatic rings.